The highest BCUT2D eigenvalue weighted by atomic mass is 19.3. The molecule has 3 aromatic rings. The molecule has 1 spiro atoms. The number of rotatable bonds is 3. The van der Waals surface area contributed by atoms with Crippen molar-refractivity contribution in [2.45, 2.75) is 18.3 Å². The summed E-state index contributed by atoms with van der Waals surface area (Å²) in [7, 11) is 3.04. The molecule has 0 radical (unpaired) electrons. The number of likely N-dealkylation sites (tertiary alicyclic amines) is 1. The summed E-state index contributed by atoms with van der Waals surface area (Å²) in [5.74, 6) is -3.91. The molecule has 1 saturated heterocycles. The Hall–Kier alpha value is -3.68. The highest BCUT2D eigenvalue weighted by molar-refractivity contribution is 6.10. The lowest BCUT2D eigenvalue weighted by atomic mass is 9.81. The van der Waals surface area contributed by atoms with Gasteiger partial charge in [-0.15, -0.1) is 0 Å². The number of carbonyl (C=O) groups is 2. The number of benzene rings is 2. The van der Waals surface area contributed by atoms with E-state index in [9.17, 15) is 9.59 Å². The molecule has 2 atom stereocenters. The average molecular weight is 450 g/mol. The smallest absolute Gasteiger partial charge is 0.274 e. The Kier molecular flexibility index (Phi) is 3.76. The van der Waals surface area contributed by atoms with Crippen LogP contribution in [0.25, 0.3) is 10.9 Å². The topological polar surface area (TPSA) is 71.6 Å². The van der Waals surface area contributed by atoms with Gasteiger partial charge in [-0.1, -0.05) is 24.3 Å². The standard InChI is InChI=1S/C25H20F2N2O4/c1-12-8-13-9-16(28-20(13)22(33-3)21(12)32-2)23(31)29-11-18-24(25(18,26)27)15-7-5-4-6-14(15)17(30)10-19(24)29/h4-10,18,28H,11H2,1-3H3. The van der Waals surface area contributed by atoms with E-state index in [1.807, 2.05) is 13.0 Å². The Bertz CT molecular complexity index is 1420. The summed E-state index contributed by atoms with van der Waals surface area (Å²) < 4.78 is 41.1. The van der Waals surface area contributed by atoms with Crippen molar-refractivity contribution in [3.05, 3.63) is 70.6 Å². The van der Waals surface area contributed by atoms with E-state index in [0.29, 0.717) is 22.6 Å². The van der Waals surface area contributed by atoms with Crippen molar-refractivity contribution in [3.8, 4) is 11.5 Å². The lowest BCUT2D eigenvalue weighted by Gasteiger charge is -2.30. The number of alkyl halides is 2. The molecule has 1 N–H and O–H groups in total. The minimum atomic E-state index is -3.01. The first-order chi connectivity index (χ1) is 15.8. The molecule has 6 nitrogen and oxygen atoms in total. The Morgan fingerprint density at radius 2 is 1.88 bits per heavy atom. The highest BCUT2D eigenvalue weighted by Gasteiger charge is 2.88. The SMILES string of the molecule is COc1c(C)cc2cc(C(=O)N3CC4C(F)(F)C45C3=CC(=O)c3ccccc35)[nH]c2c1OC. The number of nitrogens with zero attached hydrogens (tertiary/aromatic N) is 1. The second-order valence-corrected chi connectivity index (χ2v) is 8.75. The van der Waals surface area contributed by atoms with Crippen molar-refractivity contribution >= 4 is 22.6 Å². The maximum atomic E-state index is 15.1. The zero-order valence-corrected chi connectivity index (χ0v) is 18.2. The predicted molar refractivity (Wildman–Crippen MR) is 116 cm³/mol. The fourth-order valence-electron chi connectivity index (χ4n) is 5.77. The number of ketones is 1. The van der Waals surface area contributed by atoms with Crippen LogP contribution in [0.15, 0.2) is 48.2 Å². The number of fused-ring (bicyclic) bond motifs is 2. The fraction of sp³-hybridized carbons (Fsp3) is 0.280. The van der Waals surface area contributed by atoms with E-state index >= 15 is 8.78 Å². The van der Waals surface area contributed by atoms with Crippen LogP contribution in [-0.4, -0.2) is 48.3 Å². The molecule has 1 aliphatic heterocycles. The summed E-state index contributed by atoms with van der Waals surface area (Å²) >= 11 is 0. The van der Waals surface area contributed by atoms with Crippen LogP contribution >= 0.6 is 0 Å². The monoisotopic (exact) mass is 450 g/mol. The van der Waals surface area contributed by atoms with Crippen molar-refractivity contribution in [2.75, 3.05) is 20.8 Å². The van der Waals surface area contributed by atoms with Crippen molar-refractivity contribution in [3.63, 3.8) is 0 Å². The van der Waals surface area contributed by atoms with Crippen LogP contribution in [0.1, 0.15) is 32.0 Å². The van der Waals surface area contributed by atoms with Gasteiger partial charge in [-0.2, -0.15) is 0 Å². The van der Waals surface area contributed by atoms with Gasteiger partial charge in [0, 0.05) is 29.3 Å². The fourth-order valence-corrected chi connectivity index (χ4v) is 5.77. The van der Waals surface area contributed by atoms with Crippen LogP contribution in [0.5, 0.6) is 11.5 Å². The summed E-state index contributed by atoms with van der Waals surface area (Å²) in [6.07, 6.45) is 1.21. The normalized spacial score (nSPS) is 24.2. The molecule has 2 aliphatic carbocycles. The number of H-pyrrole nitrogens is 1. The Morgan fingerprint density at radius 3 is 2.61 bits per heavy atom. The van der Waals surface area contributed by atoms with Gasteiger partial charge >= 0.3 is 0 Å². The first-order valence-corrected chi connectivity index (χ1v) is 10.6. The highest BCUT2D eigenvalue weighted by Crippen LogP contribution is 2.75. The van der Waals surface area contributed by atoms with Crippen LogP contribution in [0.2, 0.25) is 0 Å². The second-order valence-electron chi connectivity index (χ2n) is 8.75. The maximum Gasteiger partial charge on any atom is 0.274 e. The van der Waals surface area contributed by atoms with Crippen LogP contribution in [0.4, 0.5) is 8.78 Å². The number of hydrogen-bond acceptors (Lipinski definition) is 4. The van der Waals surface area contributed by atoms with E-state index in [1.165, 1.54) is 25.2 Å². The van der Waals surface area contributed by atoms with Gasteiger partial charge in [0.2, 0.25) is 0 Å². The van der Waals surface area contributed by atoms with E-state index < -0.39 is 23.2 Å². The Balaban J connectivity index is 1.46. The number of carbonyl (C=O) groups excluding carboxylic acids is 2. The van der Waals surface area contributed by atoms with Gasteiger partial charge in [0.25, 0.3) is 11.8 Å². The minimum absolute atomic E-state index is 0.0746. The maximum absolute atomic E-state index is 15.1. The quantitative estimate of drug-likeness (QED) is 0.648. The van der Waals surface area contributed by atoms with E-state index in [2.05, 4.69) is 4.98 Å². The van der Waals surface area contributed by atoms with Gasteiger partial charge in [0.1, 0.15) is 11.1 Å². The number of hydrogen-bond donors (Lipinski definition) is 1. The average Bonchev–Trinajstić information content (AvgIpc) is 3.14. The van der Waals surface area contributed by atoms with Gasteiger partial charge in [-0.05, 0) is 30.2 Å². The number of allylic oxidation sites excluding steroid dienone is 2. The van der Waals surface area contributed by atoms with E-state index in [-0.39, 0.29) is 29.3 Å². The molecular weight excluding hydrogens is 430 g/mol. The molecule has 168 valence electrons. The molecule has 0 bridgehead atoms. The minimum Gasteiger partial charge on any atom is -0.493 e. The summed E-state index contributed by atoms with van der Waals surface area (Å²) in [4.78, 5) is 30.7. The number of aromatic nitrogens is 1. The van der Waals surface area contributed by atoms with Crippen molar-refractivity contribution in [1.82, 2.24) is 9.88 Å². The molecule has 33 heavy (non-hydrogen) atoms. The van der Waals surface area contributed by atoms with Gasteiger partial charge in [-0.25, -0.2) is 8.78 Å². The molecule has 6 rings (SSSR count). The second kappa shape index (κ2) is 6.21. The molecule has 2 unspecified atom stereocenters. The lowest BCUT2D eigenvalue weighted by molar-refractivity contribution is 0.0507. The number of amides is 1. The Morgan fingerprint density at radius 1 is 1.15 bits per heavy atom. The van der Waals surface area contributed by atoms with Crippen LogP contribution in [0.3, 0.4) is 0 Å². The number of halogens is 2. The van der Waals surface area contributed by atoms with E-state index in [4.69, 9.17) is 9.47 Å². The first kappa shape index (κ1) is 20.0. The van der Waals surface area contributed by atoms with Crippen molar-refractivity contribution < 1.29 is 27.8 Å². The van der Waals surface area contributed by atoms with E-state index in [1.54, 1.807) is 30.3 Å². The van der Waals surface area contributed by atoms with Crippen molar-refractivity contribution in [2.24, 2.45) is 5.92 Å². The number of aryl methyl sites for hydroxylation is 1. The molecule has 3 aliphatic rings. The van der Waals surface area contributed by atoms with Gasteiger partial charge in [0.05, 0.1) is 25.7 Å². The number of methoxy groups -OCH3 is 2. The molecule has 1 saturated carbocycles. The Labute approximate surface area is 187 Å². The van der Waals surface area contributed by atoms with Gasteiger partial charge < -0.3 is 19.4 Å². The van der Waals surface area contributed by atoms with Crippen LogP contribution in [0, 0.1) is 12.8 Å². The zero-order chi connectivity index (χ0) is 23.3. The van der Waals surface area contributed by atoms with Crippen molar-refractivity contribution in [1.29, 1.82) is 0 Å². The largest absolute Gasteiger partial charge is 0.493 e. The molecule has 1 aromatic heterocycles. The summed E-state index contributed by atoms with van der Waals surface area (Å²) in [5, 5.41) is 0.733. The number of piperidine rings is 1. The molecule has 2 fully saturated rings. The third-order valence-electron chi connectivity index (χ3n) is 7.24. The van der Waals surface area contributed by atoms with E-state index in [0.717, 1.165) is 10.9 Å². The summed E-state index contributed by atoms with van der Waals surface area (Å²) in [6, 6.07) is 9.98. The van der Waals surface area contributed by atoms with Gasteiger partial charge in [0.15, 0.2) is 17.3 Å². The third kappa shape index (κ3) is 2.21. The molecule has 2 aromatic carbocycles. The molecule has 1 amide bonds. The summed E-state index contributed by atoms with van der Waals surface area (Å²) in [5.41, 5.74) is 0.655. The molecule has 8 heteroatoms. The number of nitrogens with one attached hydrogen (secondary N) is 1. The summed E-state index contributed by atoms with van der Waals surface area (Å²) in [6.45, 7) is 1.71. The molecular formula is C25H20F2N2O4. The first-order valence-electron chi connectivity index (χ1n) is 10.6. The predicted octanol–water partition coefficient (Wildman–Crippen LogP) is 4.23. The van der Waals surface area contributed by atoms with Gasteiger partial charge in [-0.3, -0.25) is 9.59 Å². The van der Waals surface area contributed by atoms with Crippen LogP contribution < -0.4 is 9.47 Å². The molecule has 2 heterocycles. The zero-order valence-electron chi connectivity index (χ0n) is 18.2. The van der Waals surface area contributed by atoms with Crippen LogP contribution in [-0.2, 0) is 5.41 Å². The number of aromatic amines is 1. The number of ether oxygens (including phenoxy) is 2. The third-order valence-corrected chi connectivity index (χ3v) is 7.24. The lowest BCUT2D eigenvalue weighted by Crippen LogP contribution is -2.38.